The minimum Gasteiger partial charge on any atom is -0.352 e. The molecule has 0 aliphatic rings. The fourth-order valence-corrected chi connectivity index (χ4v) is 3.62. The Morgan fingerprint density at radius 2 is 1.96 bits per heavy atom. The maximum atomic E-state index is 12.3. The molecule has 0 fully saturated rings. The van der Waals surface area contributed by atoms with Gasteiger partial charge in [0.05, 0.1) is 22.2 Å². The summed E-state index contributed by atoms with van der Waals surface area (Å²) in [6.07, 6.45) is 0.699. The molecule has 0 radical (unpaired) electrons. The van der Waals surface area contributed by atoms with Crippen LogP contribution in [0.15, 0.2) is 29.6 Å². The van der Waals surface area contributed by atoms with E-state index in [-0.39, 0.29) is 11.6 Å². The quantitative estimate of drug-likeness (QED) is 0.485. The van der Waals surface area contributed by atoms with Gasteiger partial charge in [0.15, 0.2) is 0 Å². The molecule has 28 heavy (non-hydrogen) atoms. The first kappa shape index (κ1) is 19.7. The van der Waals surface area contributed by atoms with Gasteiger partial charge in [-0.25, -0.2) is 4.98 Å². The first-order valence-corrected chi connectivity index (χ1v) is 9.69. The van der Waals surface area contributed by atoms with E-state index in [1.807, 2.05) is 24.4 Å². The summed E-state index contributed by atoms with van der Waals surface area (Å²) in [5, 5.41) is 21.3. The number of nitrogens with zero attached hydrogens (tertiary/aromatic N) is 4. The van der Waals surface area contributed by atoms with Gasteiger partial charge in [-0.3, -0.25) is 19.6 Å². The molecule has 1 amide bonds. The Kier molecular flexibility index (Phi) is 5.84. The third-order valence-electron chi connectivity index (χ3n) is 4.41. The molecule has 0 aliphatic carbocycles. The van der Waals surface area contributed by atoms with E-state index in [0.717, 1.165) is 16.3 Å². The summed E-state index contributed by atoms with van der Waals surface area (Å²) < 4.78 is 1.61. The van der Waals surface area contributed by atoms with Crippen LogP contribution in [0.5, 0.6) is 0 Å². The maximum absolute atomic E-state index is 12.3. The molecule has 1 N–H and O–H groups in total. The molecular formula is C19H21N5O3S. The number of hydrogen-bond acceptors (Lipinski definition) is 6. The van der Waals surface area contributed by atoms with E-state index in [1.54, 1.807) is 42.0 Å². The SMILES string of the molecule is Cc1nc(CCNC(=O)c2ccc(Cn3nc(C)c([N+](=O)[O-])c3C)cc2)cs1. The number of aromatic nitrogens is 3. The van der Waals surface area contributed by atoms with Gasteiger partial charge in [-0.05, 0) is 38.5 Å². The predicted molar refractivity (Wildman–Crippen MR) is 107 cm³/mol. The molecule has 0 aliphatic heterocycles. The zero-order chi connectivity index (χ0) is 20.3. The van der Waals surface area contributed by atoms with Crippen molar-refractivity contribution in [3.05, 3.63) is 73.0 Å². The standard InChI is InChI=1S/C19H21N5O3S/c1-12-18(24(26)27)13(2)23(22-12)10-15-4-6-16(7-5-15)19(25)20-9-8-17-11-28-14(3)21-17/h4-7,11H,8-10H2,1-3H3,(H,20,25). The highest BCUT2D eigenvalue weighted by atomic mass is 32.1. The Morgan fingerprint density at radius 3 is 2.54 bits per heavy atom. The number of thiazole rings is 1. The van der Waals surface area contributed by atoms with Crippen LogP contribution in [0.3, 0.4) is 0 Å². The second-order valence-electron chi connectivity index (χ2n) is 6.49. The summed E-state index contributed by atoms with van der Waals surface area (Å²) in [4.78, 5) is 27.3. The highest BCUT2D eigenvalue weighted by molar-refractivity contribution is 7.09. The summed E-state index contributed by atoms with van der Waals surface area (Å²) in [6, 6.07) is 7.16. The molecule has 3 aromatic rings. The van der Waals surface area contributed by atoms with Crippen molar-refractivity contribution in [1.82, 2.24) is 20.1 Å². The lowest BCUT2D eigenvalue weighted by Crippen LogP contribution is -2.25. The molecule has 8 nitrogen and oxygen atoms in total. The number of hydrogen-bond donors (Lipinski definition) is 1. The Hall–Kier alpha value is -3.07. The van der Waals surface area contributed by atoms with Crippen LogP contribution in [0.2, 0.25) is 0 Å². The zero-order valence-electron chi connectivity index (χ0n) is 15.9. The number of nitro groups is 1. The predicted octanol–water partition coefficient (Wildman–Crippen LogP) is 3.19. The lowest BCUT2D eigenvalue weighted by Gasteiger charge is -2.07. The van der Waals surface area contributed by atoms with Crippen molar-refractivity contribution < 1.29 is 9.72 Å². The number of benzene rings is 1. The number of amides is 1. The lowest BCUT2D eigenvalue weighted by molar-refractivity contribution is -0.386. The van der Waals surface area contributed by atoms with Gasteiger partial charge in [-0.2, -0.15) is 5.10 Å². The third-order valence-corrected chi connectivity index (χ3v) is 5.23. The number of rotatable bonds is 7. The smallest absolute Gasteiger partial charge is 0.312 e. The van der Waals surface area contributed by atoms with Crippen molar-refractivity contribution in [3.63, 3.8) is 0 Å². The average molecular weight is 399 g/mol. The highest BCUT2D eigenvalue weighted by Crippen LogP contribution is 2.22. The van der Waals surface area contributed by atoms with Crippen molar-refractivity contribution in [2.24, 2.45) is 0 Å². The Labute approximate surface area is 166 Å². The normalized spacial score (nSPS) is 10.8. The number of carbonyl (C=O) groups is 1. The molecule has 0 saturated carbocycles. The van der Waals surface area contributed by atoms with E-state index in [0.29, 0.717) is 36.5 Å². The summed E-state index contributed by atoms with van der Waals surface area (Å²) in [6.45, 7) is 6.20. The minimum absolute atomic E-state index is 0.0475. The average Bonchev–Trinajstić information content (AvgIpc) is 3.18. The number of aryl methyl sites for hydroxylation is 2. The molecule has 0 saturated heterocycles. The van der Waals surface area contributed by atoms with Crippen LogP contribution in [-0.2, 0) is 13.0 Å². The van der Waals surface area contributed by atoms with Crippen LogP contribution < -0.4 is 5.32 Å². The summed E-state index contributed by atoms with van der Waals surface area (Å²) in [5.41, 5.74) is 3.42. The van der Waals surface area contributed by atoms with Gasteiger partial charge >= 0.3 is 5.69 Å². The molecule has 146 valence electrons. The summed E-state index contributed by atoms with van der Waals surface area (Å²) in [5.74, 6) is -0.139. The first-order chi connectivity index (χ1) is 13.3. The van der Waals surface area contributed by atoms with Gasteiger partial charge in [0.2, 0.25) is 0 Å². The summed E-state index contributed by atoms with van der Waals surface area (Å²) >= 11 is 1.60. The van der Waals surface area contributed by atoms with Gasteiger partial charge < -0.3 is 5.32 Å². The van der Waals surface area contributed by atoms with Crippen LogP contribution in [0.4, 0.5) is 5.69 Å². The van der Waals surface area contributed by atoms with Gasteiger partial charge in [-0.15, -0.1) is 11.3 Å². The lowest BCUT2D eigenvalue weighted by atomic mass is 10.1. The van der Waals surface area contributed by atoms with Gasteiger partial charge in [-0.1, -0.05) is 12.1 Å². The van der Waals surface area contributed by atoms with E-state index in [1.165, 1.54) is 0 Å². The molecule has 9 heteroatoms. The molecule has 0 spiro atoms. The van der Waals surface area contributed by atoms with Crippen molar-refractivity contribution in [1.29, 1.82) is 0 Å². The molecule has 2 aromatic heterocycles. The van der Waals surface area contributed by atoms with E-state index in [9.17, 15) is 14.9 Å². The number of carbonyl (C=O) groups excluding carboxylic acids is 1. The Balaban J connectivity index is 1.59. The fraction of sp³-hybridized carbons (Fsp3) is 0.316. The largest absolute Gasteiger partial charge is 0.352 e. The zero-order valence-corrected chi connectivity index (χ0v) is 16.7. The van der Waals surface area contributed by atoms with Crippen molar-refractivity contribution >= 4 is 22.9 Å². The molecule has 1 aromatic carbocycles. The fourth-order valence-electron chi connectivity index (χ4n) is 2.97. The van der Waals surface area contributed by atoms with Crippen molar-refractivity contribution in [2.75, 3.05) is 6.54 Å². The molecule has 2 heterocycles. The monoisotopic (exact) mass is 399 g/mol. The maximum Gasteiger partial charge on any atom is 0.312 e. The molecule has 0 unspecified atom stereocenters. The second kappa shape index (κ2) is 8.30. The van der Waals surface area contributed by atoms with E-state index >= 15 is 0 Å². The molecular weight excluding hydrogens is 378 g/mol. The third kappa shape index (κ3) is 4.42. The van der Waals surface area contributed by atoms with Gasteiger partial charge in [0.25, 0.3) is 5.91 Å². The van der Waals surface area contributed by atoms with E-state index in [4.69, 9.17) is 0 Å². The molecule has 0 bridgehead atoms. The van der Waals surface area contributed by atoms with Crippen molar-refractivity contribution in [2.45, 2.75) is 33.7 Å². The van der Waals surface area contributed by atoms with Crippen LogP contribution in [0, 0.1) is 30.9 Å². The number of nitrogens with one attached hydrogen (secondary N) is 1. The topological polar surface area (TPSA) is 103 Å². The van der Waals surface area contributed by atoms with Crippen LogP contribution in [0.25, 0.3) is 0 Å². The van der Waals surface area contributed by atoms with Crippen molar-refractivity contribution in [3.8, 4) is 0 Å². The van der Waals surface area contributed by atoms with Gasteiger partial charge in [0, 0.05) is 23.9 Å². The molecule has 3 rings (SSSR count). The van der Waals surface area contributed by atoms with Gasteiger partial charge in [0.1, 0.15) is 11.4 Å². The van der Waals surface area contributed by atoms with Crippen LogP contribution >= 0.6 is 11.3 Å². The minimum atomic E-state index is -0.408. The Morgan fingerprint density at radius 1 is 1.25 bits per heavy atom. The van der Waals surface area contributed by atoms with Crippen LogP contribution in [0.1, 0.15) is 38.0 Å². The van der Waals surface area contributed by atoms with E-state index < -0.39 is 4.92 Å². The summed E-state index contributed by atoms with van der Waals surface area (Å²) in [7, 11) is 0. The van der Waals surface area contributed by atoms with E-state index in [2.05, 4.69) is 15.4 Å². The van der Waals surface area contributed by atoms with Crippen LogP contribution in [-0.4, -0.2) is 32.1 Å². The second-order valence-corrected chi connectivity index (χ2v) is 7.56. The Bertz CT molecular complexity index is 1010. The highest BCUT2D eigenvalue weighted by Gasteiger charge is 2.21. The first-order valence-electron chi connectivity index (χ1n) is 8.81. The molecule has 0 atom stereocenters.